The molecule has 0 amide bonds. The monoisotopic (exact) mass is 234 g/mol. The van der Waals surface area contributed by atoms with Gasteiger partial charge in [-0.25, -0.2) is 0 Å². The van der Waals surface area contributed by atoms with Crippen molar-refractivity contribution >= 4 is 0 Å². The highest BCUT2D eigenvalue weighted by Crippen LogP contribution is 1.93. The van der Waals surface area contributed by atoms with E-state index >= 15 is 0 Å². The zero-order chi connectivity index (χ0) is 14.4. The van der Waals surface area contributed by atoms with E-state index in [2.05, 4.69) is 38.4 Å². The molecule has 3 N–H and O–H groups in total. The molecule has 0 aliphatic heterocycles. The first-order valence-electron chi connectivity index (χ1n) is 6.66. The van der Waals surface area contributed by atoms with Crippen LogP contribution in [0.15, 0.2) is 12.3 Å². The zero-order valence-electron chi connectivity index (χ0n) is 13.4. The van der Waals surface area contributed by atoms with E-state index in [4.69, 9.17) is 0 Å². The van der Waals surface area contributed by atoms with Crippen LogP contribution in [0.25, 0.3) is 0 Å². The summed E-state index contributed by atoms with van der Waals surface area (Å²) in [4.78, 5) is 0. The van der Waals surface area contributed by atoms with Gasteiger partial charge in [-0.3, -0.25) is 0 Å². The van der Waals surface area contributed by atoms with E-state index < -0.39 is 0 Å². The maximum absolute atomic E-state index is 4.50. The maximum atomic E-state index is 4.50. The van der Waals surface area contributed by atoms with E-state index in [0.29, 0.717) is 0 Å². The lowest BCUT2D eigenvalue weighted by molar-refractivity contribution is 0.821. The Labute approximate surface area is 106 Å². The smallest absolute Gasteiger partial charge is 0.00309 e. The summed E-state index contributed by atoms with van der Waals surface area (Å²) >= 11 is 0. The van der Waals surface area contributed by atoms with Crippen LogP contribution in [0.5, 0.6) is 0 Å². The number of nitrogens with one attached hydrogen (secondary N) is 1. The van der Waals surface area contributed by atoms with Gasteiger partial charge in [-0.15, -0.1) is 0 Å². The predicted molar refractivity (Wildman–Crippen MR) is 81.9 cm³/mol. The Morgan fingerprint density at radius 1 is 1.00 bits per heavy atom. The molecule has 0 aromatic heterocycles. The minimum absolute atomic E-state index is 1.09. The summed E-state index contributed by atoms with van der Waals surface area (Å²) in [6, 6.07) is 0. The largest absolute Gasteiger partial charge is 0.392 e. The van der Waals surface area contributed by atoms with Crippen LogP contribution in [-0.4, -0.2) is 14.1 Å². The standard InChI is InChI=1S/C6H13N.C3H8.2C2H6.CH5N/c1-4-5-6(2)7-3;1-3-2;3*1-2/h7H,2,4-5H2,1,3H3;3H2,1-2H3;2*1-2H3;2H2,1H3. The molecule has 2 nitrogen and oxygen atoms in total. The molecule has 0 atom stereocenters. The normalized spacial score (nSPS) is 5.88. The summed E-state index contributed by atoms with van der Waals surface area (Å²) in [5.41, 5.74) is 5.63. The molecule has 0 radical (unpaired) electrons. The molecule has 0 bridgehead atoms. The van der Waals surface area contributed by atoms with Crippen LogP contribution in [0.3, 0.4) is 0 Å². The van der Waals surface area contributed by atoms with Crippen molar-refractivity contribution in [3.05, 3.63) is 12.3 Å². The van der Waals surface area contributed by atoms with Crippen molar-refractivity contribution in [2.75, 3.05) is 14.1 Å². The Morgan fingerprint density at radius 2 is 1.25 bits per heavy atom. The number of allylic oxidation sites excluding steroid dienone is 1. The quantitative estimate of drug-likeness (QED) is 0.751. The molecule has 0 aromatic rings. The van der Waals surface area contributed by atoms with E-state index in [-0.39, 0.29) is 0 Å². The highest BCUT2D eigenvalue weighted by Gasteiger charge is 1.81. The second kappa shape index (κ2) is 62.5. The molecule has 0 saturated heterocycles. The van der Waals surface area contributed by atoms with Gasteiger partial charge in [-0.1, -0.05) is 67.9 Å². The van der Waals surface area contributed by atoms with Gasteiger partial charge >= 0.3 is 0 Å². The van der Waals surface area contributed by atoms with Crippen molar-refractivity contribution in [1.82, 2.24) is 5.32 Å². The molecule has 104 valence electrons. The van der Waals surface area contributed by atoms with Gasteiger partial charge in [0.15, 0.2) is 0 Å². The van der Waals surface area contributed by atoms with E-state index in [9.17, 15) is 0 Å². The van der Waals surface area contributed by atoms with Crippen LogP contribution in [0.4, 0.5) is 0 Å². The highest BCUT2D eigenvalue weighted by atomic mass is 14.8. The fourth-order valence-corrected chi connectivity index (χ4v) is 0.427. The van der Waals surface area contributed by atoms with Gasteiger partial charge in [0.05, 0.1) is 0 Å². The van der Waals surface area contributed by atoms with E-state index in [1.54, 1.807) is 0 Å². The van der Waals surface area contributed by atoms with Crippen LogP contribution in [-0.2, 0) is 0 Å². The first-order chi connectivity index (χ1) is 7.72. The first-order valence-corrected chi connectivity index (χ1v) is 6.66. The Kier molecular flexibility index (Phi) is 116. The molecular formula is C14H38N2. The molecule has 0 saturated carbocycles. The van der Waals surface area contributed by atoms with Gasteiger partial charge in [-0.2, -0.15) is 0 Å². The third kappa shape index (κ3) is 104. The Morgan fingerprint density at radius 3 is 1.31 bits per heavy atom. The molecule has 16 heavy (non-hydrogen) atoms. The van der Waals surface area contributed by atoms with Crippen molar-refractivity contribution < 1.29 is 0 Å². The molecular weight excluding hydrogens is 196 g/mol. The lowest BCUT2D eigenvalue weighted by Crippen LogP contribution is -2.02. The van der Waals surface area contributed by atoms with Gasteiger partial charge in [0.25, 0.3) is 0 Å². The topological polar surface area (TPSA) is 38.0 Å². The predicted octanol–water partition coefficient (Wildman–Crippen LogP) is 4.56. The Balaban J connectivity index is -0.0000000379. The minimum Gasteiger partial charge on any atom is -0.392 e. The molecule has 0 fully saturated rings. The van der Waals surface area contributed by atoms with Gasteiger partial charge in [-0.05, 0) is 13.5 Å². The molecule has 0 rings (SSSR count). The summed E-state index contributed by atoms with van der Waals surface area (Å²) in [7, 11) is 3.40. The van der Waals surface area contributed by atoms with Gasteiger partial charge in [0.2, 0.25) is 0 Å². The molecule has 0 aliphatic rings. The maximum Gasteiger partial charge on any atom is 0.00309 e. The second-order valence-electron chi connectivity index (χ2n) is 2.31. The van der Waals surface area contributed by atoms with E-state index in [1.807, 2.05) is 34.7 Å². The van der Waals surface area contributed by atoms with Crippen molar-refractivity contribution in [3.8, 4) is 0 Å². The molecule has 0 heterocycles. The van der Waals surface area contributed by atoms with E-state index in [0.717, 1.165) is 12.1 Å². The summed E-state index contributed by atoms with van der Waals surface area (Å²) in [5, 5.41) is 2.97. The Hall–Kier alpha value is -0.500. The average molecular weight is 234 g/mol. The average Bonchev–Trinajstić information content (AvgIpc) is 2.38. The molecule has 0 aliphatic carbocycles. The fourth-order valence-electron chi connectivity index (χ4n) is 0.427. The number of hydrogen-bond donors (Lipinski definition) is 2. The summed E-state index contributed by atoms with van der Waals surface area (Å²) in [6.45, 7) is 18.1. The van der Waals surface area contributed by atoms with Crippen LogP contribution in [0, 0.1) is 0 Å². The number of nitrogens with two attached hydrogens (primary N) is 1. The molecule has 0 aromatic carbocycles. The molecule has 0 unspecified atom stereocenters. The van der Waals surface area contributed by atoms with Crippen molar-refractivity contribution in [2.24, 2.45) is 5.73 Å². The van der Waals surface area contributed by atoms with Gasteiger partial charge in [0.1, 0.15) is 0 Å². The van der Waals surface area contributed by atoms with E-state index in [1.165, 1.54) is 19.9 Å². The second-order valence-corrected chi connectivity index (χ2v) is 2.31. The number of hydrogen-bond acceptors (Lipinski definition) is 2. The minimum atomic E-state index is 1.09. The SMILES string of the molecule is C=C(CCC)NC.CC.CC.CCC.CN. The summed E-state index contributed by atoms with van der Waals surface area (Å²) < 4.78 is 0. The third-order valence-electron chi connectivity index (χ3n) is 0.905. The van der Waals surface area contributed by atoms with Crippen LogP contribution < -0.4 is 11.1 Å². The van der Waals surface area contributed by atoms with Crippen LogP contribution in [0.1, 0.15) is 67.7 Å². The van der Waals surface area contributed by atoms with Gasteiger partial charge < -0.3 is 11.1 Å². The van der Waals surface area contributed by atoms with Crippen molar-refractivity contribution in [3.63, 3.8) is 0 Å². The van der Waals surface area contributed by atoms with Crippen molar-refractivity contribution in [1.29, 1.82) is 0 Å². The lowest BCUT2D eigenvalue weighted by Gasteiger charge is -1.98. The molecule has 0 spiro atoms. The fraction of sp³-hybridized carbons (Fsp3) is 0.857. The number of rotatable bonds is 3. The van der Waals surface area contributed by atoms with Gasteiger partial charge in [0, 0.05) is 12.7 Å². The Bertz CT molecular complexity index is 71.1. The first kappa shape index (κ1) is 29.6. The zero-order valence-corrected chi connectivity index (χ0v) is 13.4. The van der Waals surface area contributed by atoms with Crippen molar-refractivity contribution in [2.45, 2.75) is 67.7 Å². The highest BCUT2D eigenvalue weighted by molar-refractivity contribution is 4.87. The summed E-state index contributed by atoms with van der Waals surface area (Å²) in [6.07, 6.45) is 3.52. The molecule has 2 heteroatoms. The summed E-state index contributed by atoms with van der Waals surface area (Å²) in [5.74, 6) is 0. The third-order valence-corrected chi connectivity index (χ3v) is 0.905. The van der Waals surface area contributed by atoms with Crippen LogP contribution >= 0.6 is 0 Å². The van der Waals surface area contributed by atoms with Crippen LogP contribution in [0.2, 0.25) is 0 Å². The lowest BCUT2D eigenvalue weighted by atomic mass is 10.3.